The molecule has 0 aliphatic heterocycles. The van der Waals surface area contributed by atoms with Crippen LogP contribution in [0.25, 0.3) is 0 Å². The van der Waals surface area contributed by atoms with Crippen molar-refractivity contribution in [1.29, 1.82) is 0 Å². The van der Waals surface area contributed by atoms with Crippen LogP contribution in [-0.4, -0.2) is 6.71 Å². The fraction of sp³-hybridized carbons (Fsp3) is 0.333. The van der Waals surface area contributed by atoms with Crippen molar-refractivity contribution in [3.8, 4) is 0 Å². The first-order valence-corrected chi connectivity index (χ1v) is 6.92. The van der Waals surface area contributed by atoms with Crippen LogP contribution in [0.4, 0.5) is 0 Å². The molecule has 0 saturated carbocycles. The Balaban J connectivity index is 0.00000200. The van der Waals surface area contributed by atoms with Gasteiger partial charge in [-0.2, -0.15) is 0 Å². The maximum absolute atomic E-state index is 5.91. The molecule has 0 spiro atoms. The van der Waals surface area contributed by atoms with Crippen molar-refractivity contribution in [3.05, 3.63) is 65.7 Å². The largest absolute Gasteiger partial charge is 0.369 e. The second-order valence-electron chi connectivity index (χ2n) is 5.26. The first-order chi connectivity index (χ1) is 9.16. The highest BCUT2D eigenvalue weighted by Gasteiger charge is 2.06. The quantitative estimate of drug-likeness (QED) is 0.722. The molecule has 0 amide bonds. The molecule has 0 saturated heterocycles. The fourth-order valence-corrected chi connectivity index (χ4v) is 2.04. The third kappa shape index (κ3) is 4.54. The van der Waals surface area contributed by atoms with Crippen molar-refractivity contribution in [2.45, 2.75) is 40.7 Å². The molecule has 0 bridgehead atoms. The Hall–Kier alpha value is -1.54. The Morgan fingerprint density at radius 1 is 0.950 bits per heavy atom. The van der Waals surface area contributed by atoms with Gasteiger partial charge in [-0.05, 0) is 18.1 Å². The third-order valence-electron chi connectivity index (χ3n) is 3.42. The number of ether oxygens (including phenoxy) is 1. The van der Waals surface area contributed by atoms with E-state index in [0.717, 1.165) is 0 Å². The van der Waals surface area contributed by atoms with E-state index in [0.29, 0.717) is 13.3 Å². The second kappa shape index (κ2) is 7.91. The highest BCUT2D eigenvalue weighted by atomic mass is 16.5. The molecule has 1 atom stereocenters. The summed E-state index contributed by atoms with van der Waals surface area (Å²) in [6, 6.07) is 19.0. The van der Waals surface area contributed by atoms with E-state index in [-0.39, 0.29) is 13.5 Å². The number of hydrogen-bond acceptors (Lipinski definition) is 1. The van der Waals surface area contributed by atoms with Crippen LogP contribution in [-0.2, 0) is 11.3 Å². The van der Waals surface area contributed by atoms with Crippen LogP contribution < -0.4 is 5.46 Å². The fourth-order valence-electron chi connectivity index (χ4n) is 2.04. The summed E-state index contributed by atoms with van der Waals surface area (Å²) in [5.41, 5.74) is 3.83. The lowest BCUT2D eigenvalue weighted by Gasteiger charge is -2.13. The molecule has 0 aliphatic rings. The Morgan fingerprint density at radius 3 is 2.10 bits per heavy atom. The summed E-state index contributed by atoms with van der Waals surface area (Å²) < 4.78 is 5.91. The summed E-state index contributed by atoms with van der Waals surface area (Å²) >= 11 is 0. The predicted octanol–water partition coefficient (Wildman–Crippen LogP) is 4.56. The van der Waals surface area contributed by atoms with E-state index in [1.54, 1.807) is 0 Å². The van der Waals surface area contributed by atoms with Crippen LogP contribution in [0.15, 0.2) is 54.6 Å². The monoisotopic (exact) mass is 268 g/mol. The first kappa shape index (κ1) is 16.5. The van der Waals surface area contributed by atoms with Crippen LogP contribution in [0.5, 0.6) is 0 Å². The van der Waals surface area contributed by atoms with Crippen LogP contribution in [0.1, 0.15) is 31.6 Å². The molecule has 0 aromatic heterocycles. The van der Waals surface area contributed by atoms with E-state index in [2.05, 4.69) is 57.0 Å². The highest BCUT2D eigenvalue weighted by molar-refractivity contribution is 6.70. The molecule has 2 aromatic rings. The van der Waals surface area contributed by atoms with Gasteiger partial charge in [0, 0.05) is 0 Å². The first-order valence-electron chi connectivity index (χ1n) is 6.92. The lowest BCUT2D eigenvalue weighted by molar-refractivity contribution is 0.0526. The topological polar surface area (TPSA) is 9.23 Å². The molecular formula is C18H25BO. The molecule has 1 nitrogen and oxygen atoms in total. The number of rotatable bonds is 5. The minimum absolute atomic E-state index is 0. The molecule has 1 unspecified atom stereocenters. The van der Waals surface area contributed by atoms with Gasteiger partial charge in [0.1, 0.15) is 0 Å². The van der Waals surface area contributed by atoms with E-state index in [9.17, 15) is 0 Å². The molecule has 2 rings (SSSR count). The summed E-state index contributed by atoms with van der Waals surface area (Å²) in [7, 11) is 0. The smallest absolute Gasteiger partial charge is 0.169 e. The van der Waals surface area contributed by atoms with Gasteiger partial charge in [-0.1, -0.05) is 81.1 Å². The van der Waals surface area contributed by atoms with Gasteiger partial charge in [0.05, 0.1) is 12.7 Å². The van der Waals surface area contributed by atoms with Gasteiger partial charge in [-0.15, -0.1) is 0 Å². The molecule has 0 heterocycles. The van der Waals surface area contributed by atoms with E-state index in [1.807, 2.05) is 18.2 Å². The van der Waals surface area contributed by atoms with Crippen molar-refractivity contribution in [1.82, 2.24) is 0 Å². The van der Waals surface area contributed by atoms with E-state index >= 15 is 0 Å². The van der Waals surface area contributed by atoms with Crippen LogP contribution in [0.3, 0.4) is 0 Å². The van der Waals surface area contributed by atoms with E-state index in [4.69, 9.17) is 4.74 Å². The van der Waals surface area contributed by atoms with Crippen molar-refractivity contribution in [3.63, 3.8) is 0 Å². The SMILES string of the molecule is C.CB(C)c1ccc(COC(C)c2ccccc2)cc1. The Labute approximate surface area is 124 Å². The molecule has 0 N–H and O–H groups in total. The summed E-state index contributed by atoms with van der Waals surface area (Å²) in [4.78, 5) is 0. The van der Waals surface area contributed by atoms with Crippen molar-refractivity contribution < 1.29 is 4.74 Å². The average Bonchev–Trinajstić information content (AvgIpc) is 2.46. The molecule has 106 valence electrons. The minimum atomic E-state index is 0. The molecule has 20 heavy (non-hydrogen) atoms. The summed E-state index contributed by atoms with van der Waals surface area (Å²) in [6.45, 7) is 7.76. The van der Waals surface area contributed by atoms with Gasteiger partial charge in [0.15, 0.2) is 6.71 Å². The maximum atomic E-state index is 5.91. The molecule has 0 aliphatic carbocycles. The minimum Gasteiger partial charge on any atom is -0.369 e. The molecule has 2 aromatic carbocycles. The van der Waals surface area contributed by atoms with Gasteiger partial charge in [-0.25, -0.2) is 0 Å². The summed E-state index contributed by atoms with van der Waals surface area (Å²) in [5, 5.41) is 0. The zero-order valence-electron chi connectivity index (χ0n) is 12.0. The third-order valence-corrected chi connectivity index (χ3v) is 3.42. The summed E-state index contributed by atoms with van der Waals surface area (Å²) in [5.74, 6) is 0. The summed E-state index contributed by atoms with van der Waals surface area (Å²) in [6.07, 6.45) is 0.131. The van der Waals surface area contributed by atoms with Gasteiger partial charge >= 0.3 is 0 Å². The van der Waals surface area contributed by atoms with Crippen molar-refractivity contribution in [2.75, 3.05) is 0 Å². The Morgan fingerprint density at radius 2 is 1.55 bits per heavy atom. The van der Waals surface area contributed by atoms with Gasteiger partial charge in [0.25, 0.3) is 0 Å². The molecule has 0 fully saturated rings. The van der Waals surface area contributed by atoms with Gasteiger partial charge in [0.2, 0.25) is 0 Å². The maximum Gasteiger partial charge on any atom is 0.169 e. The number of benzene rings is 2. The van der Waals surface area contributed by atoms with Crippen LogP contribution >= 0.6 is 0 Å². The highest BCUT2D eigenvalue weighted by Crippen LogP contribution is 2.17. The average molecular weight is 268 g/mol. The van der Waals surface area contributed by atoms with E-state index < -0.39 is 0 Å². The Bertz CT molecular complexity index is 491. The van der Waals surface area contributed by atoms with Crippen LogP contribution in [0.2, 0.25) is 13.6 Å². The molecular weight excluding hydrogens is 243 g/mol. The standard InChI is InChI=1S/C17H21BO.CH4/c1-14(16-7-5-4-6-8-16)19-13-15-9-11-17(12-10-15)18(2)3;/h4-12,14H,13H2,1-3H3;1H4. The number of hydrogen-bond donors (Lipinski definition) is 0. The van der Waals surface area contributed by atoms with Crippen LogP contribution in [0, 0.1) is 0 Å². The molecule has 2 heteroatoms. The van der Waals surface area contributed by atoms with Gasteiger partial charge in [-0.3, -0.25) is 0 Å². The second-order valence-corrected chi connectivity index (χ2v) is 5.26. The Kier molecular flexibility index (Phi) is 6.53. The predicted molar refractivity (Wildman–Crippen MR) is 89.9 cm³/mol. The lowest BCUT2D eigenvalue weighted by atomic mass is 9.49. The van der Waals surface area contributed by atoms with E-state index in [1.165, 1.54) is 16.6 Å². The van der Waals surface area contributed by atoms with Crippen molar-refractivity contribution in [2.24, 2.45) is 0 Å². The zero-order chi connectivity index (χ0) is 13.7. The zero-order valence-corrected chi connectivity index (χ0v) is 12.0. The van der Waals surface area contributed by atoms with Crippen molar-refractivity contribution >= 4 is 12.2 Å². The normalized spacial score (nSPS) is 11.6. The molecule has 0 radical (unpaired) electrons. The lowest BCUT2D eigenvalue weighted by Crippen LogP contribution is -2.21. The van der Waals surface area contributed by atoms with Gasteiger partial charge < -0.3 is 4.74 Å².